The highest BCUT2D eigenvalue weighted by atomic mass is 35.5. The summed E-state index contributed by atoms with van der Waals surface area (Å²) in [5.41, 5.74) is 7.30. The zero-order chi connectivity index (χ0) is 8.43. The Kier molecular flexibility index (Phi) is 2.15. The lowest BCUT2D eigenvalue weighted by molar-refractivity contribution is 1.28. The molecule has 0 radical (unpaired) electrons. The number of rotatable bonds is 1. The quantitative estimate of drug-likeness (QED) is 0.699. The minimum Gasteiger partial charge on any atom is -0.383 e. The van der Waals surface area contributed by atoms with E-state index in [4.69, 9.17) is 17.3 Å². The Morgan fingerprint density at radius 3 is 2.82 bits per heavy atom. The zero-order valence-electron chi connectivity index (χ0n) is 6.26. The number of pyridine rings is 1. The fraction of sp³-hybridized carbons (Fsp3) is 0.125. The number of anilines is 1. The first-order chi connectivity index (χ1) is 5.16. The van der Waals surface area contributed by atoms with Gasteiger partial charge in [-0.3, -0.25) is 0 Å². The molecule has 0 saturated heterocycles. The van der Waals surface area contributed by atoms with E-state index in [1.807, 2.05) is 6.92 Å². The number of nitrogens with zero attached hydrogens (tertiary/aromatic N) is 1. The second-order valence-corrected chi connectivity index (χ2v) is 2.64. The molecule has 0 aliphatic heterocycles. The summed E-state index contributed by atoms with van der Waals surface area (Å²) in [6.45, 7) is 5.50. The number of hydrogen-bond acceptors (Lipinski definition) is 2. The van der Waals surface area contributed by atoms with Crippen molar-refractivity contribution < 1.29 is 0 Å². The van der Waals surface area contributed by atoms with Crippen molar-refractivity contribution in [2.75, 3.05) is 5.73 Å². The van der Waals surface area contributed by atoms with Gasteiger partial charge in [-0.2, -0.15) is 0 Å². The minimum atomic E-state index is 0.474. The van der Waals surface area contributed by atoms with Gasteiger partial charge in [-0.15, -0.1) is 0 Å². The van der Waals surface area contributed by atoms with Crippen molar-refractivity contribution in [3.05, 3.63) is 28.9 Å². The lowest BCUT2D eigenvalue weighted by atomic mass is 10.1. The number of hydrogen-bond donors (Lipinski definition) is 1. The van der Waals surface area contributed by atoms with Crippen molar-refractivity contribution in [3.63, 3.8) is 0 Å². The SMILES string of the molecule is C=Cc1c(N)ncc(Cl)c1C. The van der Waals surface area contributed by atoms with Crippen LogP contribution in [0, 0.1) is 6.92 Å². The van der Waals surface area contributed by atoms with Crippen LogP contribution in [0.4, 0.5) is 5.82 Å². The second-order valence-electron chi connectivity index (χ2n) is 2.23. The summed E-state index contributed by atoms with van der Waals surface area (Å²) in [5, 5.41) is 0.620. The highest BCUT2D eigenvalue weighted by Gasteiger charge is 2.03. The standard InChI is InChI=1S/C8H9ClN2/c1-3-6-5(2)7(9)4-11-8(6)10/h3-4H,1H2,2H3,(H2,10,11). The second kappa shape index (κ2) is 2.93. The molecule has 3 heteroatoms. The van der Waals surface area contributed by atoms with E-state index in [0.29, 0.717) is 10.8 Å². The molecule has 0 saturated carbocycles. The van der Waals surface area contributed by atoms with Crippen LogP contribution >= 0.6 is 11.6 Å². The van der Waals surface area contributed by atoms with Gasteiger partial charge in [-0.25, -0.2) is 4.98 Å². The van der Waals surface area contributed by atoms with Crippen molar-refractivity contribution in [2.45, 2.75) is 6.92 Å². The Morgan fingerprint density at radius 1 is 1.73 bits per heavy atom. The largest absolute Gasteiger partial charge is 0.383 e. The Hall–Kier alpha value is -1.02. The van der Waals surface area contributed by atoms with Gasteiger partial charge in [-0.1, -0.05) is 24.3 Å². The van der Waals surface area contributed by atoms with E-state index < -0.39 is 0 Å². The number of nitrogens with two attached hydrogens (primary N) is 1. The van der Waals surface area contributed by atoms with Gasteiger partial charge in [-0.05, 0) is 12.5 Å². The van der Waals surface area contributed by atoms with Crippen LogP contribution < -0.4 is 5.73 Å². The highest BCUT2D eigenvalue weighted by Crippen LogP contribution is 2.22. The van der Waals surface area contributed by atoms with Crippen LogP contribution in [-0.4, -0.2) is 4.98 Å². The van der Waals surface area contributed by atoms with Crippen LogP contribution in [0.15, 0.2) is 12.8 Å². The summed E-state index contributed by atoms with van der Waals surface area (Å²) in [5.74, 6) is 0.474. The average Bonchev–Trinajstić information content (AvgIpc) is 1.99. The van der Waals surface area contributed by atoms with Gasteiger partial charge in [0.15, 0.2) is 0 Å². The van der Waals surface area contributed by atoms with E-state index in [1.54, 1.807) is 12.3 Å². The van der Waals surface area contributed by atoms with Gasteiger partial charge < -0.3 is 5.73 Å². The summed E-state index contributed by atoms with van der Waals surface area (Å²) in [6, 6.07) is 0. The summed E-state index contributed by atoms with van der Waals surface area (Å²) in [4.78, 5) is 3.88. The van der Waals surface area contributed by atoms with E-state index in [0.717, 1.165) is 11.1 Å². The monoisotopic (exact) mass is 168 g/mol. The molecule has 1 aromatic rings. The van der Waals surface area contributed by atoms with Crippen LogP contribution in [0.2, 0.25) is 5.02 Å². The van der Waals surface area contributed by atoms with Gasteiger partial charge in [0.25, 0.3) is 0 Å². The maximum Gasteiger partial charge on any atom is 0.130 e. The lowest BCUT2D eigenvalue weighted by Gasteiger charge is -2.04. The lowest BCUT2D eigenvalue weighted by Crippen LogP contribution is -1.96. The van der Waals surface area contributed by atoms with Gasteiger partial charge in [0, 0.05) is 11.8 Å². The molecule has 0 amide bonds. The molecule has 0 spiro atoms. The third-order valence-corrected chi connectivity index (χ3v) is 1.94. The van der Waals surface area contributed by atoms with Crippen molar-refractivity contribution in [3.8, 4) is 0 Å². The summed E-state index contributed by atoms with van der Waals surface area (Å²) in [7, 11) is 0. The third-order valence-electron chi connectivity index (χ3n) is 1.56. The molecule has 1 aromatic heterocycles. The molecule has 0 atom stereocenters. The first-order valence-electron chi connectivity index (χ1n) is 3.20. The number of nitrogen functional groups attached to an aromatic ring is 1. The number of halogens is 1. The molecule has 58 valence electrons. The van der Waals surface area contributed by atoms with Gasteiger partial charge in [0.2, 0.25) is 0 Å². The van der Waals surface area contributed by atoms with Crippen LogP contribution in [0.25, 0.3) is 6.08 Å². The fourth-order valence-corrected chi connectivity index (χ4v) is 1.02. The van der Waals surface area contributed by atoms with Crippen LogP contribution in [-0.2, 0) is 0 Å². The van der Waals surface area contributed by atoms with Crippen molar-refractivity contribution in [1.29, 1.82) is 0 Å². The summed E-state index contributed by atoms with van der Waals surface area (Å²) in [6.07, 6.45) is 3.20. The predicted molar refractivity (Wildman–Crippen MR) is 48.5 cm³/mol. The Balaban J connectivity index is 3.40. The molecule has 0 aliphatic rings. The minimum absolute atomic E-state index is 0.474. The molecule has 0 fully saturated rings. The molecule has 2 nitrogen and oxygen atoms in total. The Labute approximate surface area is 70.7 Å². The molecule has 1 heterocycles. The maximum absolute atomic E-state index is 5.80. The molecule has 2 N–H and O–H groups in total. The molecule has 0 aromatic carbocycles. The first kappa shape index (κ1) is 8.08. The average molecular weight is 169 g/mol. The molecular formula is C8H9ClN2. The molecule has 11 heavy (non-hydrogen) atoms. The van der Waals surface area contributed by atoms with Crippen LogP contribution in [0.5, 0.6) is 0 Å². The fourth-order valence-electron chi connectivity index (χ4n) is 0.871. The molecule has 0 unspecified atom stereocenters. The van der Waals surface area contributed by atoms with E-state index in [2.05, 4.69) is 11.6 Å². The Bertz CT molecular complexity index is 294. The van der Waals surface area contributed by atoms with Gasteiger partial charge >= 0.3 is 0 Å². The maximum atomic E-state index is 5.80. The molecular weight excluding hydrogens is 160 g/mol. The van der Waals surface area contributed by atoms with Gasteiger partial charge in [0.05, 0.1) is 5.02 Å². The summed E-state index contributed by atoms with van der Waals surface area (Å²) < 4.78 is 0. The topological polar surface area (TPSA) is 38.9 Å². The van der Waals surface area contributed by atoms with Crippen LogP contribution in [0.1, 0.15) is 11.1 Å². The zero-order valence-corrected chi connectivity index (χ0v) is 7.02. The predicted octanol–water partition coefficient (Wildman–Crippen LogP) is 2.27. The smallest absolute Gasteiger partial charge is 0.130 e. The normalized spacial score (nSPS) is 9.64. The van der Waals surface area contributed by atoms with E-state index in [1.165, 1.54) is 0 Å². The Morgan fingerprint density at radius 2 is 2.36 bits per heavy atom. The van der Waals surface area contributed by atoms with Crippen molar-refractivity contribution in [2.24, 2.45) is 0 Å². The molecule has 0 aliphatic carbocycles. The summed E-state index contributed by atoms with van der Waals surface area (Å²) >= 11 is 5.80. The van der Waals surface area contributed by atoms with E-state index in [-0.39, 0.29) is 0 Å². The van der Waals surface area contributed by atoms with Crippen molar-refractivity contribution >= 4 is 23.5 Å². The third kappa shape index (κ3) is 1.35. The molecule has 1 rings (SSSR count). The number of aromatic nitrogens is 1. The van der Waals surface area contributed by atoms with E-state index >= 15 is 0 Å². The van der Waals surface area contributed by atoms with Gasteiger partial charge in [0.1, 0.15) is 5.82 Å². The highest BCUT2D eigenvalue weighted by molar-refractivity contribution is 6.31. The van der Waals surface area contributed by atoms with Crippen molar-refractivity contribution in [1.82, 2.24) is 4.98 Å². The molecule has 0 bridgehead atoms. The van der Waals surface area contributed by atoms with Crippen LogP contribution in [0.3, 0.4) is 0 Å². The van der Waals surface area contributed by atoms with E-state index in [9.17, 15) is 0 Å². The first-order valence-corrected chi connectivity index (χ1v) is 3.57.